The standard InChI is InChI=1S/C22H26FN7O5/c1-32-9-12-8-30-16(24-12)4-17(33-2)26-20(30)25-15-3-13(28-29-15)19-18(23)14(10-34-19)35-21(31)27-22-5-11(6-22)7-22/h3-4,8,11,14,18-19H,5-7,9-10H2,1-2H3,(H,27,31)(H2,25,26,28,29)/t11?,14-,18+,19-,22?/m1/s1. The van der Waals surface area contributed by atoms with E-state index < -0.39 is 24.5 Å². The Morgan fingerprint density at radius 3 is 2.86 bits per heavy atom. The summed E-state index contributed by atoms with van der Waals surface area (Å²) in [5.41, 5.74) is 1.62. The van der Waals surface area contributed by atoms with Crippen LogP contribution in [0.2, 0.25) is 0 Å². The van der Waals surface area contributed by atoms with Crippen molar-refractivity contribution in [2.24, 2.45) is 5.92 Å². The molecule has 1 saturated heterocycles. The van der Waals surface area contributed by atoms with Gasteiger partial charge in [-0.2, -0.15) is 10.1 Å². The minimum absolute atomic E-state index is 0.0357. The van der Waals surface area contributed by atoms with Gasteiger partial charge in [0.1, 0.15) is 11.8 Å². The third-order valence-corrected chi connectivity index (χ3v) is 6.87. The molecule has 186 valence electrons. The molecular weight excluding hydrogens is 461 g/mol. The van der Waals surface area contributed by atoms with Crippen molar-refractivity contribution in [1.82, 2.24) is 29.9 Å². The molecule has 4 aliphatic rings. The van der Waals surface area contributed by atoms with Crippen LogP contribution in [0.25, 0.3) is 5.65 Å². The highest BCUT2D eigenvalue weighted by Crippen LogP contribution is 2.57. The van der Waals surface area contributed by atoms with Crippen LogP contribution < -0.4 is 15.4 Å². The number of halogens is 1. The van der Waals surface area contributed by atoms with E-state index in [4.69, 9.17) is 18.9 Å². The van der Waals surface area contributed by atoms with Gasteiger partial charge in [-0.3, -0.25) is 9.50 Å². The quantitative estimate of drug-likeness (QED) is 0.437. The number of hydrogen-bond donors (Lipinski definition) is 3. The SMILES string of the molecule is COCc1cn2c(Nc3cc([C@H]4OC[C@@H](OC(=O)NC56CC(C5)C6)[C@@H]4F)[nH]n3)nc(OC)cc2n1. The van der Waals surface area contributed by atoms with E-state index in [2.05, 4.69) is 30.8 Å². The van der Waals surface area contributed by atoms with Gasteiger partial charge in [0.05, 0.1) is 31.7 Å². The summed E-state index contributed by atoms with van der Waals surface area (Å²) in [6.45, 7) is 0.307. The fraction of sp³-hybridized carbons (Fsp3) is 0.545. The summed E-state index contributed by atoms with van der Waals surface area (Å²) in [7, 11) is 3.11. The topological polar surface area (TPSA) is 137 Å². The molecule has 0 aromatic carbocycles. The lowest BCUT2D eigenvalue weighted by atomic mass is 9.50. The Balaban J connectivity index is 1.14. The van der Waals surface area contributed by atoms with Gasteiger partial charge in [-0.1, -0.05) is 0 Å². The predicted molar refractivity (Wildman–Crippen MR) is 119 cm³/mol. The van der Waals surface area contributed by atoms with Gasteiger partial charge >= 0.3 is 6.09 Å². The fourth-order valence-corrected chi connectivity index (χ4v) is 5.04. The van der Waals surface area contributed by atoms with Crippen molar-refractivity contribution >= 4 is 23.5 Å². The Labute approximate surface area is 199 Å². The predicted octanol–water partition coefficient (Wildman–Crippen LogP) is 2.41. The molecule has 0 spiro atoms. The minimum Gasteiger partial charge on any atom is -0.481 e. The lowest BCUT2D eigenvalue weighted by Gasteiger charge is -2.61. The molecule has 0 unspecified atom stereocenters. The Morgan fingerprint density at radius 1 is 1.31 bits per heavy atom. The lowest BCUT2D eigenvalue weighted by Crippen LogP contribution is -2.68. The molecule has 3 aliphatic carbocycles. The van der Waals surface area contributed by atoms with Crippen molar-refractivity contribution in [1.29, 1.82) is 0 Å². The molecule has 2 bridgehead atoms. The molecule has 12 nitrogen and oxygen atoms in total. The number of alkyl halides is 1. The summed E-state index contributed by atoms with van der Waals surface area (Å²) < 4.78 is 38.2. The van der Waals surface area contributed by atoms with Gasteiger partial charge in [-0.25, -0.2) is 14.2 Å². The van der Waals surface area contributed by atoms with Crippen LogP contribution in [0.15, 0.2) is 18.3 Å². The second-order valence-electron chi connectivity index (χ2n) is 9.37. The zero-order valence-corrected chi connectivity index (χ0v) is 19.3. The lowest BCUT2D eigenvalue weighted by molar-refractivity contribution is -0.0528. The van der Waals surface area contributed by atoms with Gasteiger partial charge in [0.15, 0.2) is 18.1 Å². The number of ether oxygens (including phenoxy) is 4. The number of aromatic amines is 1. The zero-order chi connectivity index (χ0) is 24.2. The summed E-state index contributed by atoms with van der Waals surface area (Å²) in [5.74, 6) is 1.88. The highest BCUT2D eigenvalue weighted by Gasteiger charge is 2.58. The normalized spacial score (nSPS) is 28.9. The van der Waals surface area contributed by atoms with Crippen LogP contribution in [0.5, 0.6) is 5.88 Å². The van der Waals surface area contributed by atoms with Crippen molar-refractivity contribution in [3.63, 3.8) is 0 Å². The van der Waals surface area contributed by atoms with E-state index in [1.54, 1.807) is 29.8 Å². The molecule has 3 saturated carbocycles. The van der Waals surface area contributed by atoms with Gasteiger partial charge in [-0.05, 0) is 25.2 Å². The van der Waals surface area contributed by atoms with Crippen molar-refractivity contribution < 1.29 is 28.1 Å². The van der Waals surface area contributed by atoms with Crippen LogP contribution in [0.4, 0.5) is 21.0 Å². The van der Waals surface area contributed by atoms with Gasteiger partial charge < -0.3 is 29.6 Å². The molecule has 7 rings (SSSR count). The van der Waals surface area contributed by atoms with Gasteiger partial charge in [-0.15, -0.1) is 0 Å². The number of hydrogen-bond acceptors (Lipinski definition) is 9. The largest absolute Gasteiger partial charge is 0.481 e. The van der Waals surface area contributed by atoms with Crippen molar-refractivity contribution in [3.05, 3.63) is 29.7 Å². The number of aromatic nitrogens is 5. The van der Waals surface area contributed by atoms with Crippen molar-refractivity contribution in [2.75, 3.05) is 26.1 Å². The molecule has 13 heteroatoms. The smallest absolute Gasteiger partial charge is 0.408 e. The van der Waals surface area contributed by atoms with E-state index in [-0.39, 0.29) is 12.1 Å². The van der Waals surface area contributed by atoms with Crippen LogP contribution in [-0.2, 0) is 20.8 Å². The van der Waals surface area contributed by atoms with Crippen molar-refractivity contribution in [3.8, 4) is 5.88 Å². The first-order valence-electron chi connectivity index (χ1n) is 11.4. The summed E-state index contributed by atoms with van der Waals surface area (Å²) in [5, 5.41) is 13.0. The second kappa shape index (κ2) is 8.34. The van der Waals surface area contributed by atoms with E-state index >= 15 is 4.39 Å². The first-order valence-corrected chi connectivity index (χ1v) is 11.4. The number of imidazole rings is 1. The summed E-state index contributed by atoms with van der Waals surface area (Å²) in [6.07, 6.45) is 0.686. The Hall–Kier alpha value is -3.45. The van der Waals surface area contributed by atoms with E-state index in [0.717, 1.165) is 30.9 Å². The number of fused-ring (bicyclic) bond motifs is 1. The molecule has 3 aromatic heterocycles. The van der Waals surface area contributed by atoms with Crippen LogP contribution in [0.1, 0.15) is 36.8 Å². The number of amides is 1. The molecule has 3 atom stereocenters. The number of nitrogens with one attached hydrogen (secondary N) is 3. The highest BCUT2D eigenvalue weighted by atomic mass is 19.1. The van der Waals surface area contributed by atoms with E-state index in [1.165, 1.54) is 7.11 Å². The maximum Gasteiger partial charge on any atom is 0.408 e. The third-order valence-electron chi connectivity index (χ3n) is 6.87. The summed E-state index contributed by atoms with van der Waals surface area (Å²) >= 11 is 0. The van der Waals surface area contributed by atoms with Crippen molar-refractivity contribution in [2.45, 2.75) is 49.8 Å². The Kier molecular flexibility index (Phi) is 5.25. The third kappa shape index (κ3) is 3.93. The number of carbonyl (C=O) groups is 1. The van der Waals surface area contributed by atoms with Crippen LogP contribution >= 0.6 is 0 Å². The fourth-order valence-electron chi connectivity index (χ4n) is 5.04. The number of H-pyrrole nitrogens is 1. The molecule has 4 fully saturated rings. The molecule has 3 aromatic rings. The zero-order valence-electron chi connectivity index (χ0n) is 19.3. The van der Waals surface area contributed by atoms with E-state index in [0.29, 0.717) is 35.6 Å². The van der Waals surface area contributed by atoms with Crippen LogP contribution in [-0.4, -0.2) is 69.3 Å². The number of anilines is 2. The Bertz CT molecular complexity index is 1250. The first-order chi connectivity index (χ1) is 16.9. The van der Waals surface area contributed by atoms with Gasteiger partial charge in [0.2, 0.25) is 11.8 Å². The second-order valence-corrected chi connectivity index (χ2v) is 9.37. The summed E-state index contributed by atoms with van der Waals surface area (Å²) in [4.78, 5) is 21.1. The van der Waals surface area contributed by atoms with Gasteiger partial charge in [0, 0.05) is 31.0 Å². The molecular formula is C22H26FN7O5. The molecule has 35 heavy (non-hydrogen) atoms. The molecule has 0 radical (unpaired) electrons. The monoisotopic (exact) mass is 487 g/mol. The van der Waals surface area contributed by atoms with Crippen LogP contribution in [0, 0.1) is 5.92 Å². The minimum atomic E-state index is -1.53. The van der Waals surface area contributed by atoms with E-state index in [1.807, 2.05) is 0 Å². The maximum absolute atomic E-state index is 15.1. The molecule has 1 amide bonds. The number of carbonyl (C=O) groups excluding carboxylic acids is 1. The number of rotatable bonds is 8. The number of methoxy groups -OCH3 is 2. The molecule has 4 heterocycles. The average molecular weight is 487 g/mol. The molecule has 1 aliphatic heterocycles. The molecule has 3 N–H and O–H groups in total. The number of alkyl carbamates (subject to hydrolysis) is 1. The average Bonchev–Trinajstić information content (AvgIpc) is 3.49. The highest BCUT2D eigenvalue weighted by molar-refractivity contribution is 5.69. The maximum atomic E-state index is 15.1. The van der Waals surface area contributed by atoms with Crippen LogP contribution in [0.3, 0.4) is 0 Å². The van der Waals surface area contributed by atoms with Gasteiger partial charge in [0.25, 0.3) is 0 Å². The first kappa shape index (κ1) is 22.0. The summed E-state index contributed by atoms with van der Waals surface area (Å²) in [6, 6.07) is 3.33. The van der Waals surface area contributed by atoms with E-state index in [9.17, 15) is 4.79 Å². The number of nitrogens with zero attached hydrogens (tertiary/aromatic N) is 4. The Morgan fingerprint density at radius 2 is 2.14 bits per heavy atom.